The number of rotatable bonds is 3. The molecule has 4 rings (SSSR count). The SMILES string of the molecule is Cc1csc(-c2nn(-c3ccccc3[N+](=O)[O-])c3c2CCN3)c1. The van der Waals surface area contributed by atoms with Crippen molar-refractivity contribution in [3.63, 3.8) is 0 Å². The molecular weight excluding hydrogens is 312 g/mol. The first-order valence-electron chi connectivity index (χ1n) is 7.30. The number of aromatic nitrogens is 2. The lowest BCUT2D eigenvalue weighted by Gasteiger charge is -2.06. The van der Waals surface area contributed by atoms with Gasteiger partial charge < -0.3 is 5.32 Å². The number of nitro groups is 1. The highest BCUT2D eigenvalue weighted by Crippen LogP contribution is 2.38. The molecule has 0 unspecified atom stereocenters. The molecule has 2 aromatic heterocycles. The highest BCUT2D eigenvalue weighted by molar-refractivity contribution is 7.13. The van der Waals surface area contributed by atoms with Crippen LogP contribution in [0.15, 0.2) is 35.7 Å². The minimum atomic E-state index is -0.368. The minimum absolute atomic E-state index is 0.0559. The average molecular weight is 326 g/mol. The van der Waals surface area contributed by atoms with Crippen LogP contribution in [0.25, 0.3) is 16.3 Å². The first-order valence-corrected chi connectivity index (χ1v) is 8.18. The molecule has 0 saturated carbocycles. The highest BCUT2D eigenvalue weighted by Gasteiger charge is 2.27. The Hall–Kier alpha value is -2.67. The molecule has 23 heavy (non-hydrogen) atoms. The molecule has 3 heterocycles. The van der Waals surface area contributed by atoms with Gasteiger partial charge in [-0.25, -0.2) is 4.68 Å². The predicted octanol–water partition coefficient (Wildman–Crippen LogP) is 3.79. The van der Waals surface area contributed by atoms with Gasteiger partial charge in [-0.2, -0.15) is 5.10 Å². The summed E-state index contributed by atoms with van der Waals surface area (Å²) < 4.78 is 1.67. The summed E-state index contributed by atoms with van der Waals surface area (Å²) in [7, 11) is 0. The van der Waals surface area contributed by atoms with E-state index >= 15 is 0 Å². The molecule has 0 aliphatic carbocycles. The van der Waals surface area contributed by atoms with Crippen LogP contribution in [0.5, 0.6) is 0 Å². The lowest BCUT2D eigenvalue weighted by atomic mass is 10.1. The van der Waals surface area contributed by atoms with Crippen molar-refractivity contribution in [3.8, 4) is 16.3 Å². The first-order chi connectivity index (χ1) is 11.1. The van der Waals surface area contributed by atoms with E-state index in [0.717, 1.165) is 34.9 Å². The summed E-state index contributed by atoms with van der Waals surface area (Å²) in [4.78, 5) is 12.1. The number of benzene rings is 1. The van der Waals surface area contributed by atoms with Crippen molar-refractivity contribution >= 4 is 22.8 Å². The Bertz CT molecular complexity index is 913. The summed E-state index contributed by atoms with van der Waals surface area (Å²) in [5, 5.41) is 21.4. The molecule has 0 bridgehead atoms. The monoisotopic (exact) mass is 326 g/mol. The number of nitrogens with one attached hydrogen (secondary N) is 1. The van der Waals surface area contributed by atoms with Gasteiger partial charge in [-0.05, 0) is 36.4 Å². The summed E-state index contributed by atoms with van der Waals surface area (Å²) in [6, 6.07) is 8.81. The average Bonchev–Trinajstić information content (AvgIpc) is 3.23. The first kappa shape index (κ1) is 14.0. The van der Waals surface area contributed by atoms with Gasteiger partial charge in [0.2, 0.25) is 0 Å². The number of anilines is 1. The van der Waals surface area contributed by atoms with Gasteiger partial charge in [-0.3, -0.25) is 10.1 Å². The van der Waals surface area contributed by atoms with Crippen molar-refractivity contribution in [2.75, 3.05) is 11.9 Å². The molecule has 7 heteroatoms. The number of hydrogen-bond acceptors (Lipinski definition) is 5. The second-order valence-corrected chi connectivity index (χ2v) is 6.41. The standard InChI is InChI=1S/C16H14N4O2S/c1-10-8-14(23-9-10)15-11-6-7-17-16(11)19(18-15)12-4-2-3-5-13(12)20(21)22/h2-5,8-9,17H,6-7H2,1H3. The van der Waals surface area contributed by atoms with Crippen LogP contribution in [0.3, 0.4) is 0 Å². The van der Waals surface area contributed by atoms with Crippen LogP contribution in [0, 0.1) is 17.0 Å². The Balaban J connectivity index is 1.93. The maximum Gasteiger partial charge on any atom is 0.294 e. The molecule has 0 atom stereocenters. The fourth-order valence-electron chi connectivity index (χ4n) is 2.90. The van der Waals surface area contributed by atoms with Gasteiger partial charge in [0.05, 0.1) is 9.80 Å². The molecule has 3 aromatic rings. The second-order valence-electron chi connectivity index (χ2n) is 5.50. The molecule has 116 valence electrons. The zero-order chi connectivity index (χ0) is 16.0. The van der Waals surface area contributed by atoms with E-state index in [-0.39, 0.29) is 10.6 Å². The minimum Gasteiger partial charge on any atom is -0.369 e. The van der Waals surface area contributed by atoms with Gasteiger partial charge in [-0.15, -0.1) is 11.3 Å². The highest BCUT2D eigenvalue weighted by atomic mass is 32.1. The maximum atomic E-state index is 11.3. The van der Waals surface area contributed by atoms with E-state index in [2.05, 4.69) is 28.8 Å². The van der Waals surface area contributed by atoms with E-state index in [4.69, 9.17) is 0 Å². The summed E-state index contributed by atoms with van der Waals surface area (Å²) >= 11 is 1.65. The van der Waals surface area contributed by atoms with Crippen LogP contribution >= 0.6 is 11.3 Å². The topological polar surface area (TPSA) is 73.0 Å². The Morgan fingerprint density at radius 1 is 1.39 bits per heavy atom. The third-order valence-corrected chi connectivity index (χ3v) is 4.98. The van der Waals surface area contributed by atoms with Crippen molar-refractivity contribution in [1.82, 2.24) is 9.78 Å². The van der Waals surface area contributed by atoms with E-state index in [9.17, 15) is 10.1 Å². The van der Waals surface area contributed by atoms with Crippen LogP contribution in [-0.2, 0) is 6.42 Å². The Labute approximate surface area is 136 Å². The number of hydrogen-bond donors (Lipinski definition) is 1. The quantitative estimate of drug-likeness (QED) is 0.587. The third kappa shape index (κ3) is 2.20. The van der Waals surface area contributed by atoms with Crippen molar-refractivity contribution < 1.29 is 4.92 Å². The number of thiophene rings is 1. The molecule has 1 aliphatic heterocycles. The van der Waals surface area contributed by atoms with E-state index in [0.29, 0.717) is 5.69 Å². The normalized spacial score (nSPS) is 12.9. The Kier molecular flexibility index (Phi) is 3.16. The molecule has 0 amide bonds. The van der Waals surface area contributed by atoms with Crippen LogP contribution in [0.2, 0.25) is 0 Å². The Morgan fingerprint density at radius 2 is 2.22 bits per heavy atom. The summed E-state index contributed by atoms with van der Waals surface area (Å²) in [5.74, 6) is 0.861. The molecule has 0 spiro atoms. The lowest BCUT2D eigenvalue weighted by Crippen LogP contribution is -2.06. The maximum absolute atomic E-state index is 11.3. The van der Waals surface area contributed by atoms with E-state index in [1.807, 2.05) is 0 Å². The molecule has 0 radical (unpaired) electrons. The van der Waals surface area contributed by atoms with E-state index in [1.165, 1.54) is 11.6 Å². The van der Waals surface area contributed by atoms with E-state index in [1.54, 1.807) is 34.2 Å². The van der Waals surface area contributed by atoms with Crippen LogP contribution in [0.4, 0.5) is 11.5 Å². The molecule has 1 aliphatic rings. The summed E-state index contributed by atoms with van der Waals surface area (Å²) in [5.41, 5.74) is 3.79. The number of aryl methyl sites for hydroxylation is 1. The van der Waals surface area contributed by atoms with Gasteiger partial charge in [0, 0.05) is 18.2 Å². The smallest absolute Gasteiger partial charge is 0.294 e. The zero-order valence-corrected chi connectivity index (χ0v) is 13.3. The third-order valence-electron chi connectivity index (χ3n) is 3.92. The van der Waals surface area contributed by atoms with Crippen molar-refractivity contribution in [3.05, 3.63) is 57.0 Å². The summed E-state index contributed by atoms with van der Waals surface area (Å²) in [6.07, 6.45) is 0.877. The number of nitrogens with zero attached hydrogens (tertiary/aromatic N) is 3. The van der Waals surface area contributed by atoms with Gasteiger partial charge >= 0.3 is 0 Å². The molecule has 0 fully saturated rings. The Morgan fingerprint density at radius 3 is 2.96 bits per heavy atom. The van der Waals surface area contributed by atoms with E-state index < -0.39 is 0 Å². The van der Waals surface area contributed by atoms with Gasteiger partial charge in [0.1, 0.15) is 17.2 Å². The fraction of sp³-hybridized carbons (Fsp3) is 0.188. The number of nitro benzene ring substituents is 1. The predicted molar refractivity (Wildman–Crippen MR) is 90.5 cm³/mol. The zero-order valence-electron chi connectivity index (χ0n) is 12.4. The largest absolute Gasteiger partial charge is 0.369 e. The van der Waals surface area contributed by atoms with Gasteiger partial charge in [0.15, 0.2) is 0 Å². The molecular formula is C16H14N4O2S. The lowest BCUT2D eigenvalue weighted by molar-refractivity contribution is -0.384. The molecule has 6 nitrogen and oxygen atoms in total. The van der Waals surface area contributed by atoms with Gasteiger partial charge in [-0.1, -0.05) is 12.1 Å². The number of fused-ring (bicyclic) bond motifs is 1. The van der Waals surface area contributed by atoms with Gasteiger partial charge in [0.25, 0.3) is 5.69 Å². The van der Waals surface area contributed by atoms with Crippen molar-refractivity contribution in [2.45, 2.75) is 13.3 Å². The van der Waals surface area contributed by atoms with Crippen molar-refractivity contribution in [1.29, 1.82) is 0 Å². The van der Waals surface area contributed by atoms with Crippen LogP contribution in [0.1, 0.15) is 11.1 Å². The summed E-state index contributed by atoms with van der Waals surface area (Å²) in [6.45, 7) is 2.88. The second kappa shape index (κ2) is 5.20. The van der Waals surface area contributed by atoms with Crippen LogP contribution in [-0.4, -0.2) is 21.2 Å². The molecule has 0 saturated heterocycles. The molecule has 1 N–H and O–H groups in total. The fourth-order valence-corrected chi connectivity index (χ4v) is 3.81. The molecule has 1 aromatic carbocycles. The van der Waals surface area contributed by atoms with Crippen LogP contribution < -0.4 is 5.32 Å². The number of para-hydroxylation sites is 2. The van der Waals surface area contributed by atoms with Crippen molar-refractivity contribution in [2.24, 2.45) is 0 Å².